The molecule has 7 nitrogen and oxygen atoms in total. The summed E-state index contributed by atoms with van der Waals surface area (Å²) in [5.41, 5.74) is 0.0487. The highest BCUT2D eigenvalue weighted by atomic mass is 32.2. The Kier molecular flexibility index (Phi) is 5.06. The second-order valence-electron chi connectivity index (χ2n) is 4.81. The fourth-order valence-corrected chi connectivity index (χ4v) is 3.68. The summed E-state index contributed by atoms with van der Waals surface area (Å²) in [6.07, 6.45) is -0.0620. The molecule has 0 bridgehead atoms. The number of phenolic OH excluding ortho intramolecular Hbond substituents is 1. The Bertz CT molecular complexity index is 888. The molecule has 2 aromatic carbocycles. The Morgan fingerprint density at radius 2 is 1.83 bits per heavy atom. The third kappa shape index (κ3) is 3.47. The van der Waals surface area contributed by atoms with Crippen molar-refractivity contribution in [3.05, 3.63) is 54.1 Å². The number of phenols is 1. The molecule has 0 aromatic heterocycles. The van der Waals surface area contributed by atoms with Crippen molar-refractivity contribution in [1.29, 1.82) is 5.26 Å². The predicted octanol–water partition coefficient (Wildman–Crippen LogP) is 2.20. The Balaban J connectivity index is 2.58. The van der Waals surface area contributed by atoms with Gasteiger partial charge in [0, 0.05) is 6.54 Å². The van der Waals surface area contributed by atoms with Crippen LogP contribution in [0.2, 0.25) is 0 Å². The zero-order valence-electron chi connectivity index (χ0n) is 12.5. The summed E-state index contributed by atoms with van der Waals surface area (Å²) in [5.74, 6) is -1.87. The average molecular weight is 346 g/mol. The molecule has 0 aliphatic rings. The second kappa shape index (κ2) is 7.02. The smallest absolute Gasteiger partial charge is 0.335 e. The van der Waals surface area contributed by atoms with Gasteiger partial charge in [0.1, 0.15) is 10.6 Å². The Morgan fingerprint density at radius 3 is 2.42 bits per heavy atom. The van der Waals surface area contributed by atoms with Crippen LogP contribution in [-0.4, -0.2) is 31.1 Å². The Hall–Kier alpha value is -3.05. The van der Waals surface area contributed by atoms with Gasteiger partial charge < -0.3 is 10.2 Å². The van der Waals surface area contributed by atoms with Crippen LogP contribution in [0, 0.1) is 11.3 Å². The molecule has 24 heavy (non-hydrogen) atoms. The highest BCUT2D eigenvalue weighted by molar-refractivity contribution is 7.93. The van der Waals surface area contributed by atoms with E-state index in [-0.39, 0.29) is 18.5 Å². The summed E-state index contributed by atoms with van der Waals surface area (Å²) in [4.78, 5) is 10.5. The highest BCUT2D eigenvalue weighted by Crippen LogP contribution is 2.30. The normalized spacial score (nSPS) is 10.8. The number of carbonyl (C=O) groups is 1. The standard InChI is InChI=1S/C16H14N2O5S/c17-9-4-10-18(13-5-2-1-3-6-13)24(22,23)15-11-12(16(20)21)7-8-14(15)19/h1-3,5-8,11,19H,4,10H2,(H,20,21). The minimum Gasteiger partial charge on any atom is -0.507 e. The molecule has 0 aliphatic heterocycles. The first-order valence-electron chi connectivity index (χ1n) is 6.89. The number of nitrogens with zero attached hydrogens (tertiary/aromatic N) is 2. The number of anilines is 1. The van der Waals surface area contributed by atoms with Gasteiger partial charge in [-0.05, 0) is 30.3 Å². The van der Waals surface area contributed by atoms with Crippen molar-refractivity contribution in [3.63, 3.8) is 0 Å². The molecule has 0 spiro atoms. The van der Waals surface area contributed by atoms with E-state index < -0.39 is 26.6 Å². The van der Waals surface area contributed by atoms with Gasteiger partial charge in [0.05, 0.1) is 23.7 Å². The van der Waals surface area contributed by atoms with Crippen molar-refractivity contribution < 1.29 is 23.4 Å². The van der Waals surface area contributed by atoms with Crippen LogP contribution in [0.5, 0.6) is 5.75 Å². The number of rotatable bonds is 6. The third-order valence-corrected chi connectivity index (χ3v) is 5.10. The van der Waals surface area contributed by atoms with Crippen LogP contribution in [0.25, 0.3) is 0 Å². The van der Waals surface area contributed by atoms with Crippen molar-refractivity contribution >= 4 is 21.7 Å². The maximum absolute atomic E-state index is 12.9. The Morgan fingerprint density at radius 1 is 1.17 bits per heavy atom. The van der Waals surface area contributed by atoms with Gasteiger partial charge in [0.25, 0.3) is 10.0 Å². The molecule has 0 fully saturated rings. The highest BCUT2D eigenvalue weighted by Gasteiger charge is 2.28. The predicted molar refractivity (Wildman–Crippen MR) is 86.3 cm³/mol. The van der Waals surface area contributed by atoms with E-state index in [1.54, 1.807) is 30.3 Å². The van der Waals surface area contributed by atoms with Crippen molar-refractivity contribution in [1.82, 2.24) is 0 Å². The molecular formula is C16H14N2O5S. The van der Waals surface area contributed by atoms with Crippen molar-refractivity contribution in [3.8, 4) is 11.8 Å². The van der Waals surface area contributed by atoms with Crippen LogP contribution in [0.4, 0.5) is 5.69 Å². The monoisotopic (exact) mass is 346 g/mol. The number of carboxylic acids is 1. The van der Waals surface area contributed by atoms with E-state index >= 15 is 0 Å². The number of sulfonamides is 1. The SMILES string of the molecule is N#CCCN(c1ccccc1)S(=O)(=O)c1cc(C(=O)O)ccc1O. The quantitative estimate of drug-likeness (QED) is 0.827. The molecule has 0 saturated carbocycles. The number of nitriles is 1. The molecular weight excluding hydrogens is 332 g/mol. The summed E-state index contributed by atoms with van der Waals surface area (Å²) in [7, 11) is -4.24. The fraction of sp³-hybridized carbons (Fsp3) is 0.125. The van der Waals surface area contributed by atoms with Gasteiger partial charge in [-0.25, -0.2) is 13.2 Å². The topological polar surface area (TPSA) is 119 Å². The molecule has 8 heteroatoms. The molecule has 0 amide bonds. The van der Waals surface area contributed by atoms with E-state index in [9.17, 15) is 18.3 Å². The maximum atomic E-state index is 12.9. The van der Waals surface area contributed by atoms with Gasteiger partial charge >= 0.3 is 5.97 Å². The second-order valence-corrected chi connectivity index (χ2v) is 6.64. The number of carboxylic acid groups (broad SMARTS) is 1. The van der Waals surface area contributed by atoms with E-state index in [0.717, 1.165) is 22.5 Å². The number of hydrogen-bond donors (Lipinski definition) is 2. The molecule has 0 saturated heterocycles. The molecule has 2 aromatic rings. The first-order chi connectivity index (χ1) is 11.4. The molecule has 0 aliphatic carbocycles. The van der Waals surface area contributed by atoms with Gasteiger partial charge in [-0.3, -0.25) is 4.31 Å². The van der Waals surface area contributed by atoms with Crippen LogP contribution in [-0.2, 0) is 10.0 Å². The maximum Gasteiger partial charge on any atom is 0.335 e. The molecule has 0 radical (unpaired) electrons. The van der Waals surface area contributed by atoms with Gasteiger partial charge in [0.2, 0.25) is 0 Å². The zero-order valence-corrected chi connectivity index (χ0v) is 13.3. The summed E-state index contributed by atoms with van der Waals surface area (Å²) >= 11 is 0. The molecule has 0 heterocycles. The molecule has 2 rings (SSSR count). The first kappa shape index (κ1) is 17.3. The minimum atomic E-state index is -4.24. The Labute approximate surface area is 139 Å². The lowest BCUT2D eigenvalue weighted by molar-refractivity contribution is 0.0696. The first-order valence-corrected chi connectivity index (χ1v) is 8.33. The van der Waals surface area contributed by atoms with Crippen molar-refractivity contribution in [2.45, 2.75) is 11.3 Å². The number of hydrogen-bond acceptors (Lipinski definition) is 5. The molecule has 2 N–H and O–H groups in total. The number of para-hydroxylation sites is 1. The van der Waals surface area contributed by atoms with Crippen LogP contribution >= 0.6 is 0 Å². The third-order valence-electron chi connectivity index (χ3n) is 3.25. The minimum absolute atomic E-state index is 0.0620. The van der Waals surface area contributed by atoms with Crippen molar-refractivity contribution in [2.75, 3.05) is 10.8 Å². The lowest BCUT2D eigenvalue weighted by Gasteiger charge is -2.24. The summed E-state index contributed by atoms with van der Waals surface area (Å²) in [6.45, 7) is -0.125. The van der Waals surface area contributed by atoms with Gasteiger partial charge in [-0.2, -0.15) is 5.26 Å². The summed E-state index contributed by atoms with van der Waals surface area (Å²) < 4.78 is 26.8. The lowest BCUT2D eigenvalue weighted by atomic mass is 10.2. The van der Waals surface area contributed by atoms with Gasteiger partial charge in [-0.1, -0.05) is 18.2 Å². The zero-order chi connectivity index (χ0) is 17.7. The summed E-state index contributed by atoms with van der Waals surface area (Å²) in [5, 5.41) is 27.7. The largest absolute Gasteiger partial charge is 0.507 e. The van der Waals surface area contributed by atoms with Crippen LogP contribution < -0.4 is 4.31 Å². The molecule has 0 atom stereocenters. The van der Waals surface area contributed by atoms with E-state index in [1.807, 2.05) is 6.07 Å². The summed E-state index contributed by atoms with van der Waals surface area (Å²) in [6, 6.07) is 13.0. The van der Waals surface area contributed by atoms with Crippen molar-refractivity contribution in [2.24, 2.45) is 0 Å². The van der Waals surface area contributed by atoms with Gasteiger partial charge in [-0.15, -0.1) is 0 Å². The van der Waals surface area contributed by atoms with Gasteiger partial charge in [0.15, 0.2) is 0 Å². The molecule has 0 unspecified atom stereocenters. The number of aromatic hydroxyl groups is 1. The molecule has 124 valence electrons. The fourth-order valence-electron chi connectivity index (χ4n) is 2.11. The average Bonchev–Trinajstić information content (AvgIpc) is 2.56. The number of aromatic carboxylic acids is 1. The van der Waals surface area contributed by atoms with E-state index in [1.165, 1.54) is 0 Å². The van der Waals surface area contributed by atoms with E-state index in [2.05, 4.69) is 0 Å². The van der Waals surface area contributed by atoms with E-state index in [0.29, 0.717) is 5.69 Å². The van der Waals surface area contributed by atoms with Crippen LogP contribution in [0.1, 0.15) is 16.8 Å². The van der Waals surface area contributed by atoms with Crippen LogP contribution in [0.15, 0.2) is 53.4 Å². The number of benzene rings is 2. The lowest BCUT2D eigenvalue weighted by Crippen LogP contribution is -2.32. The van der Waals surface area contributed by atoms with Crippen LogP contribution in [0.3, 0.4) is 0 Å². The van der Waals surface area contributed by atoms with E-state index in [4.69, 9.17) is 10.4 Å².